The number of carbonyl (C=O) groups is 2. The molecule has 0 saturated heterocycles. The largest absolute Gasteiger partial charge is 0.465 e. The summed E-state index contributed by atoms with van der Waals surface area (Å²) in [5.74, 6) is -0.196. The van der Waals surface area contributed by atoms with Crippen LogP contribution >= 0.6 is 0 Å². The Morgan fingerprint density at radius 1 is 0.426 bits per heavy atom. The summed E-state index contributed by atoms with van der Waals surface area (Å²) in [6.45, 7) is 18.9. The van der Waals surface area contributed by atoms with Gasteiger partial charge in [-0.1, -0.05) is 207 Å². The second-order valence-electron chi connectivity index (χ2n) is 17.4. The first-order valence-corrected chi connectivity index (χ1v) is 27.5. The number of hydrogen-bond donors (Lipinski definition) is 0. The maximum Gasteiger partial charge on any atom is 0.305 e. The molecule has 4 nitrogen and oxygen atoms in total. The zero-order valence-electron chi connectivity index (χ0n) is 33.3. The van der Waals surface area contributed by atoms with Crippen LogP contribution < -0.4 is 0 Å². The quantitative estimate of drug-likeness (QED) is 0.0382. The fraction of sp³-hybridized carbons (Fsp3) is 0.951. The topological polar surface area (TPSA) is 52.6 Å². The van der Waals surface area contributed by atoms with E-state index in [0.717, 1.165) is 12.1 Å². The van der Waals surface area contributed by atoms with Gasteiger partial charge < -0.3 is 9.47 Å². The Labute approximate surface area is 297 Å². The minimum atomic E-state index is -1.38. The summed E-state index contributed by atoms with van der Waals surface area (Å²) in [5.41, 5.74) is -0.365. The van der Waals surface area contributed by atoms with Crippen molar-refractivity contribution in [3.63, 3.8) is 0 Å². The molecule has 0 unspecified atom stereocenters. The summed E-state index contributed by atoms with van der Waals surface area (Å²) in [5, 5.41) is 0. The van der Waals surface area contributed by atoms with Crippen LogP contribution in [0.1, 0.15) is 182 Å². The number of ether oxygens (including phenoxy) is 2. The van der Waals surface area contributed by atoms with E-state index in [1.807, 2.05) is 13.8 Å². The molecule has 0 aromatic carbocycles. The normalized spacial score (nSPS) is 12.4. The van der Waals surface area contributed by atoms with Gasteiger partial charge in [-0.2, -0.15) is 0 Å². The van der Waals surface area contributed by atoms with Crippen LogP contribution in [0.3, 0.4) is 0 Å². The van der Waals surface area contributed by atoms with Crippen molar-refractivity contribution in [1.82, 2.24) is 0 Å². The lowest BCUT2D eigenvalue weighted by atomic mass is 9.96. The van der Waals surface area contributed by atoms with Gasteiger partial charge in [-0.25, -0.2) is 0 Å². The minimum Gasteiger partial charge on any atom is -0.465 e. The van der Waals surface area contributed by atoms with Crippen molar-refractivity contribution in [1.29, 1.82) is 0 Å². The Morgan fingerprint density at radius 2 is 0.681 bits per heavy atom. The van der Waals surface area contributed by atoms with Crippen LogP contribution in [-0.4, -0.2) is 41.3 Å². The number of hydrogen-bond acceptors (Lipinski definition) is 4. The molecule has 6 heteroatoms. The van der Waals surface area contributed by atoms with E-state index < -0.39 is 16.1 Å². The Morgan fingerprint density at radius 3 is 0.957 bits per heavy atom. The van der Waals surface area contributed by atoms with E-state index in [9.17, 15) is 9.59 Å². The molecule has 0 radical (unpaired) electrons. The maximum absolute atomic E-state index is 12.6. The second kappa shape index (κ2) is 29.1. The fourth-order valence-electron chi connectivity index (χ4n) is 6.40. The summed E-state index contributed by atoms with van der Waals surface area (Å²) in [6, 6.07) is 4.60. The van der Waals surface area contributed by atoms with Crippen LogP contribution in [0.15, 0.2) is 0 Å². The van der Waals surface area contributed by atoms with Crippen LogP contribution in [0, 0.1) is 5.41 Å². The summed E-state index contributed by atoms with van der Waals surface area (Å²) in [4.78, 5) is 25.1. The minimum absolute atomic E-state index is 0.0981. The van der Waals surface area contributed by atoms with Gasteiger partial charge in [0.25, 0.3) is 0 Å². The highest BCUT2D eigenvalue weighted by molar-refractivity contribution is 6.77. The lowest BCUT2D eigenvalue weighted by Crippen LogP contribution is -2.31. The molecule has 0 aromatic rings. The predicted octanol–water partition coefficient (Wildman–Crippen LogP) is 13.9. The molecular formula is C41H84O4Si2. The van der Waals surface area contributed by atoms with Crippen molar-refractivity contribution in [2.24, 2.45) is 5.41 Å². The smallest absolute Gasteiger partial charge is 0.305 e. The standard InChI is InChI=1S/C41H84O4Si2/c1-9-11-13-15-17-19-21-23-25-27-29-33-46(5,6)35-31-39(42)44-37-41(3,4)38-45-40(43)32-36-47(7,8)34-30-28-26-24-22-20-18-16-14-12-10-2/h9-38H2,1-8H3. The first-order chi connectivity index (χ1) is 22.3. The van der Waals surface area contributed by atoms with E-state index in [2.05, 4.69) is 40.0 Å². The lowest BCUT2D eigenvalue weighted by molar-refractivity contribution is -0.152. The third-order valence-electron chi connectivity index (χ3n) is 10.2. The van der Waals surface area contributed by atoms with E-state index >= 15 is 0 Å². The molecule has 0 bridgehead atoms. The predicted molar refractivity (Wildman–Crippen MR) is 212 cm³/mol. The van der Waals surface area contributed by atoms with Gasteiger partial charge in [-0.3, -0.25) is 9.59 Å². The number of unbranched alkanes of at least 4 members (excludes halogenated alkanes) is 20. The van der Waals surface area contributed by atoms with Gasteiger partial charge in [-0.05, 0) is 12.1 Å². The zero-order chi connectivity index (χ0) is 35.3. The van der Waals surface area contributed by atoms with Gasteiger partial charge in [-0.15, -0.1) is 0 Å². The first-order valence-electron chi connectivity index (χ1n) is 20.6. The molecule has 0 aliphatic rings. The molecule has 0 aromatic heterocycles. The fourth-order valence-corrected chi connectivity index (χ4v) is 11.1. The number of carbonyl (C=O) groups excluding carboxylic acids is 2. The second-order valence-corrected chi connectivity index (χ2v) is 28.0. The summed E-state index contributed by atoms with van der Waals surface area (Å²) in [7, 11) is -2.76. The van der Waals surface area contributed by atoms with E-state index in [0.29, 0.717) is 26.1 Å². The molecule has 0 N–H and O–H groups in total. The highest BCUT2D eigenvalue weighted by Crippen LogP contribution is 2.25. The zero-order valence-corrected chi connectivity index (χ0v) is 35.3. The molecule has 0 spiro atoms. The van der Waals surface area contributed by atoms with Gasteiger partial charge in [0.05, 0.1) is 13.2 Å². The average Bonchev–Trinajstić information content (AvgIpc) is 3.02. The van der Waals surface area contributed by atoms with Crippen LogP contribution in [0.5, 0.6) is 0 Å². The Bertz CT molecular complexity index is 690. The molecule has 0 aliphatic carbocycles. The maximum atomic E-state index is 12.6. The third kappa shape index (κ3) is 32.3. The van der Waals surface area contributed by atoms with Crippen molar-refractivity contribution < 1.29 is 19.1 Å². The van der Waals surface area contributed by atoms with Crippen molar-refractivity contribution in [2.45, 2.75) is 232 Å². The monoisotopic (exact) mass is 697 g/mol. The van der Waals surface area contributed by atoms with E-state index in [-0.39, 0.29) is 17.4 Å². The van der Waals surface area contributed by atoms with Crippen LogP contribution in [0.4, 0.5) is 0 Å². The molecule has 0 atom stereocenters. The van der Waals surface area contributed by atoms with Gasteiger partial charge in [0.2, 0.25) is 0 Å². The highest BCUT2D eigenvalue weighted by Gasteiger charge is 2.26. The highest BCUT2D eigenvalue weighted by atomic mass is 28.3. The van der Waals surface area contributed by atoms with Crippen LogP contribution in [-0.2, 0) is 19.1 Å². The lowest BCUT2D eigenvalue weighted by Gasteiger charge is -2.26. The molecule has 0 heterocycles. The Hall–Kier alpha value is -0.626. The Balaban J connectivity index is 3.94. The van der Waals surface area contributed by atoms with Crippen LogP contribution in [0.25, 0.3) is 0 Å². The first kappa shape index (κ1) is 46.4. The number of rotatable bonds is 34. The van der Waals surface area contributed by atoms with Gasteiger partial charge in [0.15, 0.2) is 0 Å². The van der Waals surface area contributed by atoms with Crippen molar-refractivity contribution in [3.05, 3.63) is 0 Å². The summed E-state index contributed by atoms with van der Waals surface area (Å²) >= 11 is 0. The van der Waals surface area contributed by atoms with Gasteiger partial charge >= 0.3 is 11.9 Å². The van der Waals surface area contributed by atoms with Gasteiger partial charge in [0.1, 0.15) is 0 Å². The Kier molecular flexibility index (Phi) is 28.7. The molecule has 0 amide bonds. The van der Waals surface area contributed by atoms with Crippen LogP contribution in [0.2, 0.25) is 50.4 Å². The molecule has 280 valence electrons. The van der Waals surface area contributed by atoms with Crippen molar-refractivity contribution in [2.75, 3.05) is 13.2 Å². The van der Waals surface area contributed by atoms with E-state index in [1.165, 1.54) is 153 Å². The van der Waals surface area contributed by atoms with Gasteiger partial charge in [0, 0.05) is 34.4 Å². The van der Waals surface area contributed by atoms with Crippen molar-refractivity contribution in [3.8, 4) is 0 Å². The molecule has 47 heavy (non-hydrogen) atoms. The molecular weight excluding hydrogens is 613 g/mol. The third-order valence-corrected chi connectivity index (χ3v) is 16.8. The summed E-state index contributed by atoms with van der Waals surface area (Å²) < 4.78 is 11.3. The number of esters is 2. The molecule has 0 aliphatic heterocycles. The summed E-state index contributed by atoms with van der Waals surface area (Å²) in [6.07, 6.45) is 31.4. The van der Waals surface area contributed by atoms with E-state index in [4.69, 9.17) is 9.47 Å². The SMILES string of the molecule is CCCCCCCCCCCCC[Si](C)(C)CCC(=O)OCC(C)(C)COC(=O)CC[Si](C)(C)CCCCCCCCCCCCC. The molecule has 0 saturated carbocycles. The van der Waals surface area contributed by atoms with Crippen molar-refractivity contribution >= 4 is 28.1 Å². The molecule has 0 rings (SSSR count). The molecule has 0 fully saturated rings. The van der Waals surface area contributed by atoms with E-state index in [1.54, 1.807) is 0 Å². The average molecular weight is 697 g/mol.